The summed E-state index contributed by atoms with van der Waals surface area (Å²) in [6.45, 7) is 0. The predicted octanol–water partition coefficient (Wildman–Crippen LogP) is 3.46. The van der Waals surface area contributed by atoms with E-state index in [-0.39, 0.29) is 0 Å². The van der Waals surface area contributed by atoms with Crippen LogP contribution in [0.25, 0.3) is 5.65 Å². The summed E-state index contributed by atoms with van der Waals surface area (Å²) < 4.78 is 2.79. The van der Waals surface area contributed by atoms with Gasteiger partial charge in [0.2, 0.25) is 0 Å². The van der Waals surface area contributed by atoms with E-state index in [2.05, 4.69) is 26.1 Å². The van der Waals surface area contributed by atoms with E-state index in [9.17, 15) is 4.79 Å². The Hall–Kier alpha value is -1.66. The van der Waals surface area contributed by atoms with E-state index in [4.69, 9.17) is 0 Å². The van der Waals surface area contributed by atoms with Crippen LogP contribution in [0.3, 0.4) is 0 Å². The van der Waals surface area contributed by atoms with E-state index >= 15 is 0 Å². The maximum absolute atomic E-state index is 10.7. The van der Waals surface area contributed by atoms with Gasteiger partial charge in [-0.3, -0.25) is 9.20 Å². The third-order valence-corrected chi connectivity index (χ3v) is 4.53. The third kappa shape index (κ3) is 2.41. The minimum atomic E-state index is 0.641. The summed E-state index contributed by atoms with van der Waals surface area (Å²) in [5, 5.41) is 9.05. The molecule has 6 heteroatoms. The number of carbonyl (C=O) groups is 1. The quantitative estimate of drug-likeness (QED) is 0.688. The number of pyridine rings is 1. The molecule has 3 rings (SSSR count). The van der Waals surface area contributed by atoms with Crippen LogP contribution in [0.5, 0.6) is 0 Å². The average Bonchev–Trinajstić information content (AvgIpc) is 2.84. The Labute approximate surface area is 122 Å². The minimum Gasteiger partial charge on any atom is -0.298 e. The summed E-state index contributed by atoms with van der Waals surface area (Å²) in [7, 11) is 0. The molecule has 0 radical (unpaired) electrons. The number of fused-ring (bicyclic) bond motifs is 1. The first-order valence-electron chi connectivity index (χ1n) is 5.50. The Morgan fingerprint density at radius 1 is 1.21 bits per heavy atom. The zero-order valence-corrected chi connectivity index (χ0v) is 12.1. The van der Waals surface area contributed by atoms with Gasteiger partial charge in [-0.05, 0) is 52.0 Å². The van der Waals surface area contributed by atoms with E-state index in [1.165, 1.54) is 11.8 Å². The number of benzene rings is 1. The molecule has 0 aliphatic heterocycles. The number of aromatic nitrogens is 3. The van der Waals surface area contributed by atoms with Crippen molar-refractivity contribution in [2.45, 2.75) is 10.1 Å². The molecule has 0 saturated carbocycles. The minimum absolute atomic E-state index is 0.641. The molecule has 0 saturated heterocycles. The molecule has 0 aliphatic rings. The van der Waals surface area contributed by atoms with Crippen LogP contribution >= 0.6 is 27.7 Å². The van der Waals surface area contributed by atoms with Gasteiger partial charge >= 0.3 is 0 Å². The summed E-state index contributed by atoms with van der Waals surface area (Å²) in [5.41, 5.74) is 1.45. The fourth-order valence-electron chi connectivity index (χ4n) is 1.66. The zero-order chi connectivity index (χ0) is 13.2. The van der Waals surface area contributed by atoms with Crippen LogP contribution in [0.1, 0.15) is 10.4 Å². The zero-order valence-electron chi connectivity index (χ0n) is 9.65. The summed E-state index contributed by atoms with van der Waals surface area (Å²) >= 11 is 4.96. The van der Waals surface area contributed by atoms with Crippen molar-refractivity contribution in [3.05, 3.63) is 52.6 Å². The van der Waals surface area contributed by atoms with Crippen molar-refractivity contribution in [3.63, 3.8) is 0 Å². The van der Waals surface area contributed by atoms with Crippen molar-refractivity contribution in [1.29, 1.82) is 0 Å². The van der Waals surface area contributed by atoms with E-state index < -0.39 is 0 Å². The number of rotatable bonds is 3. The van der Waals surface area contributed by atoms with Gasteiger partial charge in [-0.2, -0.15) is 0 Å². The summed E-state index contributed by atoms with van der Waals surface area (Å²) in [4.78, 5) is 11.7. The molecule has 0 spiro atoms. The normalized spacial score (nSPS) is 10.8. The number of hydrogen-bond acceptors (Lipinski definition) is 4. The lowest BCUT2D eigenvalue weighted by Crippen LogP contribution is -1.87. The fraction of sp³-hybridized carbons (Fsp3) is 0. The molecule has 19 heavy (non-hydrogen) atoms. The average molecular weight is 334 g/mol. The monoisotopic (exact) mass is 333 g/mol. The lowest BCUT2D eigenvalue weighted by atomic mass is 10.2. The Bertz CT molecular complexity index is 756. The summed E-state index contributed by atoms with van der Waals surface area (Å²) in [6.07, 6.45) is 2.75. The van der Waals surface area contributed by atoms with Gasteiger partial charge in [-0.25, -0.2) is 0 Å². The molecule has 2 heterocycles. The van der Waals surface area contributed by atoms with Gasteiger partial charge in [0, 0.05) is 21.1 Å². The molecular weight excluding hydrogens is 326 g/mol. The first-order valence-corrected chi connectivity index (χ1v) is 7.11. The van der Waals surface area contributed by atoms with Crippen LogP contribution in [0, 0.1) is 0 Å². The lowest BCUT2D eigenvalue weighted by Gasteiger charge is -2.03. The maximum atomic E-state index is 10.7. The van der Waals surface area contributed by atoms with Crippen molar-refractivity contribution in [2.24, 2.45) is 0 Å². The van der Waals surface area contributed by atoms with Gasteiger partial charge in [-0.1, -0.05) is 12.1 Å². The number of hydrogen-bond donors (Lipinski definition) is 0. The SMILES string of the molecule is O=Cc1ccc(Sc2nnc3ccccn23)c(Br)c1. The molecule has 0 bridgehead atoms. The smallest absolute Gasteiger partial charge is 0.200 e. The second-order valence-corrected chi connectivity index (χ2v) is 5.68. The van der Waals surface area contributed by atoms with Gasteiger partial charge in [0.1, 0.15) is 6.29 Å². The predicted molar refractivity (Wildman–Crippen MR) is 76.6 cm³/mol. The van der Waals surface area contributed by atoms with Crippen LogP contribution in [-0.4, -0.2) is 20.9 Å². The van der Waals surface area contributed by atoms with Gasteiger partial charge in [0.25, 0.3) is 0 Å². The molecule has 3 aromatic rings. The van der Waals surface area contributed by atoms with Gasteiger partial charge in [0.15, 0.2) is 10.8 Å². The molecule has 0 N–H and O–H groups in total. The van der Waals surface area contributed by atoms with Gasteiger partial charge in [-0.15, -0.1) is 10.2 Å². The Morgan fingerprint density at radius 2 is 2.11 bits per heavy atom. The first kappa shape index (κ1) is 12.4. The number of nitrogens with zero attached hydrogens (tertiary/aromatic N) is 3. The Morgan fingerprint density at radius 3 is 2.89 bits per heavy atom. The van der Waals surface area contributed by atoms with Crippen molar-refractivity contribution < 1.29 is 4.79 Å². The van der Waals surface area contributed by atoms with Crippen LogP contribution < -0.4 is 0 Å². The van der Waals surface area contributed by atoms with Crippen LogP contribution in [0.15, 0.2) is 57.1 Å². The fourth-order valence-corrected chi connectivity index (χ4v) is 3.12. The highest BCUT2D eigenvalue weighted by molar-refractivity contribution is 9.10. The van der Waals surface area contributed by atoms with E-state index in [1.54, 1.807) is 12.1 Å². The molecule has 2 aromatic heterocycles. The molecule has 0 aliphatic carbocycles. The lowest BCUT2D eigenvalue weighted by molar-refractivity contribution is 0.112. The molecule has 0 amide bonds. The molecule has 0 atom stereocenters. The highest BCUT2D eigenvalue weighted by Gasteiger charge is 2.09. The Kier molecular flexibility index (Phi) is 3.35. The number of aldehydes is 1. The summed E-state index contributed by atoms with van der Waals surface area (Å²) in [5.74, 6) is 0. The molecule has 0 fully saturated rings. The third-order valence-electron chi connectivity index (χ3n) is 2.58. The van der Waals surface area contributed by atoms with Crippen LogP contribution in [-0.2, 0) is 0 Å². The molecule has 0 unspecified atom stereocenters. The topological polar surface area (TPSA) is 47.3 Å². The van der Waals surface area contributed by atoms with E-state index in [0.29, 0.717) is 5.56 Å². The highest BCUT2D eigenvalue weighted by Crippen LogP contribution is 2.32. The second kappa shape index (κ2) is 5.14. The summed E-state index contributed by atoms with van der Waals surface area (Å²) in [6, 6.07) is 11.2. The van der Waals surface area contributed by atoms with Crippen molar-refractivity contribution in [1.82, 2.24) is 14.6 Å². The maximum Gasteiger partial charge on any atom is 0.200 e. The standard InChI is InChI=1S/C13H8BrN3OS/c14-10-7-9(8-18)4-5-11(10)19-13-16-15-12-3-1-2-6-17(12)13/h1-8H. The van der Waals surface area contributed by atoms with Gasteiger partial charge < -0.3 is 0 Å². The molecule has 94 valence electrons. The molecule has 1 aromatic carbocycles. The second-order valence-electron chi connectivity index (χ2n) is 3.82. The molecular formula is C13H8BrN3OS. The van der Waals surface area contributed by atoms with E-state index in [0.717, 1.165) is 26.5 Å². The largest absolute Gasteiger partial charge is 0.298 e. The first-order chi connectivity index (χ1) is 9.28. The van der Waals surface area contributed by atoms with Crippen molar-refractivity contribution in [3.8, 4) is 0 Å². The van der Waals surface area contributed by atoms with Crippen LogP contribution in [0.4, 0.5) is 0 Å². The number of carbonyl (C=O) groups excluding carboxylic acids is 1. The van der Waals surface area contributed by atoms with Crippen molar-refractivity contribution in [2.75, 3.05) is 0 Å². The van der Waals surface area contributed by atoms with Gasteiger partial charge in [0.05, 0.1) is 0 Å². The van der Waals surface area contributed by atoms with E-state index in [1.807, 2.05) is 34.9 Å². The number of halogens is 1. The van der Waals surface area contributed by atoms with Crippen molar-refractivity contribution >= 4 is 39.6 Å². The molecule has 4 nitrogen and oxygen atoms in total. The van der Waals surface area contributed by atoms with Crippen LogP contribution in [0.2, 0.25) is 0 Å². The highest BCUT2D eigenvalue weighted by atomic mass is 79.9. The Balaban J connectivity index is 1.99.